The van der Waals surface area contributed by atoms with E-state index in [-0.39, 0.29) is 11.2 Å². The van der Waals surface area contributed by atoms with Crippen LogP contribution >= 0.6 is 0 Å². The molecule has 0 saturated carbocycles. The van der Waals surface area contributed by atoms with Crippen LogP contribution in [0.4, 0.5) is 0 Å². The van der Waals surface area contributed by atoms with Crippen LogP contribution in [-0.2, 0) is 11.8 Å². The lowest BCUT2D eigenvalue weighted by Gasteiger charge is -2.23. The van der Waals surface area contributed by atoms with Gasteiger partial charge in [-0.1, -0.05) is 148 Å². The molecule has 248 valence electrons. The predicted octanol–water partition coefficient (Wildman–Crippen LogP) is 13.2. The van der Waals surface area contributed by atoms with Crippen LogP contribution in [0.25, 0.3) is 82.8 Å². The van der Waals surface area contributed by atoms with Gasteiger partial charge < -0.3 is 0 Å². The Morgan fingerprint density at radius 1 is 0.538 bits per heavy atom. The highest BCUT2D eigenvalue weighted by atomic mass is 15.1. The molecule has 1 aliphatic rings. The molecule has 0 fully saturated rings. The van der Waals surface area contributed by atoms with E-state index in [1.807, 2.05) is 42.5 Å². The third-order valence-corrected chi connectivity index (χ3v) is 11.1. The SMILES string of the molecule is [2H]C([2H])([2H])C([2H])([2H])c1nc2ccccc2n1-c1cccc(-c2cccc(-c3c4ccccc4c(-c4ccc5c(c4)C(C)(C)c4ccccc4-5)c4ccccc34)c2)c1. The van der Waals surface area contributed by atoms with E-state index in [4.69, 9.17) is 6.85 Å². The molecule has 8 aromatic carbocycles. The van der Waals surface area contributed by atoms with Crippen molar-refractivity contribution in [3.63, 3.8) is 0 Å². The number of aromatic nitrogens is 2. The number of hydrogen-bond donors (Lipinski definition) is 0. The van der Waals surface area contributed by atoms with E-state index < -0.39 is 13.2 Å². The van der Waals surface area contributed by atoms with Gasteiger partial charge >= 0.3 is 0 Å². The van der Waals surface area contributed by atoms with Crippen molar-refractivity contribution in [1.82, 2.24) is 9.55 Å². The Morgan fingerprint density at radius 3 is 1.85 bits per heavy atom. The Bertz CT molecular complexity index is 3020. The molecule has 0 bridgehead atoms. The van der Waals surface area contributed by atoms with Crippen molar-refractivity contribution in [2.45, 2.75) is 32.5 Å². The molecule has 0 atom stereocenters. The Hall–Kier alpha value is -6.25. The van der Waals surface area contributed by atoms with Gasteiger partial charge in [-0.2, -0.15) is 0 Å². The summed E-state index contributed by atoms with van der Waals surface area (Å²) in [5, 5.41) is 4.72. The van der Waals surface area contributed by atoms with Gasteiger partial charge in [-0.25, -0.2) is 4.98 Å². The molecule has 1 aliphatic carbocycles. The first kappa shape index (κ1) is 25.7. The average Bonchev–Trinajstić information content (AvgIpc) is 3.73. The van der Waals surface area contributed by atoms with Crippen LogP contribution in [0, 0.1) is 0 Å². The van der Waals surface area contributed by atoms with Gasteiger partial charge in [-0.15, -0.1) is 0 Å². The topological polar surface area (TPSA) is 17.8 Å². The number of aryl methyl sites for hydroxylation is 1. The number of imidazole rings is 1. The summed E-state index contributed by atoms with van der Waals surface area (Å²) in [5.74, 6) is -0.149. The Labute approximate surface area is 311 Å². The second kappa shape index (κ2) is 11.6. The lowest BCUT2D eigenvalue weighted by molar-refractivity contribution is 0.660. The Morgan fingerprint density at radius 2 is 1.12 bits per heavy atom. The summed E-state index contributed by atoms with van der Waals surface area (Å²) < 4.78 is 43.1. The summed E-state index contributed by atoms with van der Waals surface area (Å²) in [6, 6.07) is 56.9. The van der Waals surface area contributed by atoms with Gasteiger partial charge in [-0.3, -0.25) is 4.57 Å². The molecule has 0 N–H and O–H groups in total. The zero-order chi connectivity index (χ0) is 39.3. The van der Waals surface area contributed by atoms with Gasteiger partial charge in [-0.05, 0) is 114 Å². The van der Waals surface area contributed by atoms with Crippen LogP contribution in [0.1, 0.15) is 44.5 Å². The Balaban J connectivity index is 1.13. The van der Waals surface area contributed by atoms with Gasteiger partial charge in [0.1, 0.15) is 5.82 Å². The fourth-order valence-electron chi connectivity index (χ4n) is 8.66. The van der Waals surface area contributed by atoms with Crippen LogP contribution in [-0.4, -0.2) is 9.55 Å². The van der Waals surface area contributed by atoms with E-state index in [1.165, 1.54) is 54.9 Å². The zero-order valence-corrected chi connectivity index (χ0v) is 29.0. The number of rotatable bonds is 5. The smallest absolute Gasteiger partial charge is 0.114 e. The average molecular weight is 672 g/mol. The molecule has 52 heavy (non-hydrogen) atoms. The van der Waals surface area contributed by atoms with Crippen LogP contribution in [0.2, 0.25) is 0 Å². The lowest BCUT2D eigenvalue weighted by Crippen LogP contribution is -2.14. The minimum Gasteiger partial charge on any atom is -0.296 e. The highest BCUT2D eigenvalue weighted by Gasteiger charge is 2.35. The molecule has 1 aromatic heterocycles. The highest BCUT2D eigenvalue weighted by Crippen LogP contribution is 2.51. The van der Waals surface area contributed by atoms with E-state index in [1.54, 1.807) is 10.6 Å². The third-order valence-electron chi connectivity index (χ3n) is 11.1. The number of benzene rings is 8. The fraction of sp³-hybridized carbons (Fsp3) is 0.100. The van der Waals surface area contributed by atoms with Gasteiger partial charge in [0.25, 0.3) is 0 Å². The third kappa shape index (κ3) is 4.54. The zero-order valence-electron chi connectivity index (χ0n) is 34.0. The van der Waals surface area contributed by atoms with Crippen molar-refractivity contribution in [1.29, 1.82) is 0 Å². The van der Waals surface area contributed by atoms with Gasteiger partial charge in [0.15, 0.2) is 0 Å². The van der Waals surface area contributed by atoms with E-state index in [9.17, 15) is 0 Å². The second-order valence-electron chi connectivity index (χ2n) is 14.3. The summed E-state index contributed by atoms with van der Waals surface area (Å²) in [4.78, 5) is 4.53. The molecule has 0 amide bonds. The minimum atomic E-state index is -2.91. The quantitative estimate of drug-likeness (QED) is 0.167. The van der Waals surface area contributed by atoms with E-state index in [2.05, 4.69) is 134 Å². The normalized spacial score (nSPS) is 15.1. The molecular weight excluding hydrogens is 629 g/mol. The number of para-hydroxylation sites is 2. The van der Waals surface area contributed by atoms with Crippen LogP contribution in [0.3, 0.4) is 0 Å². The van der Waals surface area contributed by atoms with Crippen molar-refractivity contribution in [3.05, 3.63) is 181 Å². The van der Waals surface area contributed by atoms with E-state index in [0.29, 0.717) is 16.7 Å². The molecule has 2 heteroatoms. The van der Waals surface area contributed by atoms with Crippen LogP contribution < -0.4 is 0 Å². The molecule has 0 saturated heterocycles. The van der Waals surface area contributed by atoms with Crippen molar-refractivity contribution in [2.75, 3.05) is 0 Å². The maximum atomic E-state index is 8.68. The number of nitrogens with zero attached hydrogens (tertiary/aromatic N) is 2. The van der Waals surface area contributed by atoms with Gasteiger partial charge in [0.05, 0.1) is 11.0 Å². The monoisotopic (exact) mass is 671 g/mol. The van der Waals surface area contributed by atoms with E-state index >= 15 is 0 Å². The molecule has 1 heterocycles. The largest absolute Gasteiger partial charge is 0.296 e. The molecule has 2 nitrogen and oxygen atoms in total. The fourth-order valence-corrected chi connectivity index (χ4v) is 8.66. The minimum absolute atomic E-state index is 0.112. The number of hydrogen-bond acceptors (Lipinski definition) is 1. The molecule has 0 aliphatic heterocycles. The maximum Gasteiger partial charge on any atom is 0.114 e. The van der Waals surface area contributed by atoms with Crippen molar-refractivity contribution in [2.24, 2.45) is 0 Å². The lowest BCUT2D eigenvalue weighted by atomic mass is 9.80. The predicted molar refractivity (Wildman–Crippen MR) is 219 cm³/mol. The van der Waals surface area contributed by atoms with Crippen molar-refractivity contribution >= 4 is 32.6 Å². The summed E-state index contributed by atoms with van der Waals surface area (Å²) in [6.07, 6.45) is -2.68. The summed E-state index contributed by atoms with van der Waals surface area (Å²) in [7, 11) is 0. The summed E-state index contributed by atoms with van der Waals surface area (Å²) >= 11 is 0. The summed E-state index contributed by atoms with van der Waals surface area (Å²) in [6.45, 7) is 1.74. The highest BCUT2D eigenvalue weighted by molar-refractivity contribution is 6.21. The number of fused-ring (bicyclic) bond motifs is 6. The first-order chi connectivity index (χ1) is 27.4. The molecule has 10 rings (SSSR count). The molecule has 0 spiro atoms. The second-order valence-corrected chi connectivity index (χ2v) is 14.3. The molecule has 0 radical (unpaired) electrons. The summed E-state index contributed by atoms with van der Waals surface area (Å²) in [5.41, 5.74) is 13.6. The maximum absolute atomic E-state index is 8.68. The molecule has 0 unspecified atom stereocenters. The standard InChI is InChI=1S/C50H38N2/c1-4-47-51-45-25-11-12-26-46(45)52(47)36-18-14-16-33(30-36)32-15-13-17-34(29-32)48-39-20-5-7-22-41(39)49(42-23-8-6-21-40(42)48)35-27-28-38-37-19-9-10-24-43(37)50(2,3)44(38)31-35/h5-31H,4H2,1-3H3/i1D3,4D2. The van der Waals surface area contributed by atoms with Crippen LogP contribution in [0.15, 0.2) is 164 Å². The molecular formula is C50H38N2. The van der Waals surface area contributed by atoms with Gasteiger partial charge in [0, 0.05) is 24.3 Å². The Kier molecular flexibility index (Phi) is 5.75. The van der Waals surface area contributed by atoms with Crippen molar-refractivity contribution < 1.29 is 6.85 Å². The van der Waals surface area contributed by atoms with Crippen LogP contribution in [0.5, 0.6) is 0 Å². The first-order valence-electron chi connectivity index (χ1n) is 20.3. The van der Waals surface area contributed by atoms with E-state index in [0.717, 1.165) is 22.3 Å². The molecule has 9 aromatic rings. The first-order valence-corrected chi connectivity index (χ1v) is 17.8. The van der Waals surface area contributed by atoms with Gasteiger partial charge in [0.2, 0.25) is 0 Å². The van der Waals surface area contributed by atoms with Crippen molar-refractivity contribution in [3.8, 4) is 50.2 Å².